The van der Waals surface area contributed by atoms with Crippen LogP contribution >= 0.6 is 0 Å². The summed E-state index contributed by atoms with van der Waals surface area (Å²) in [4.78, 5) is 28.3. The zero-order valence-corrected chi connectivity index (χ0v) is 15.0. The fraction of sp³-hybridized carbons (Fsp3) is 0.350. The van der Waals surface area contributed by atoms with E-state index in [1.54, 1.807) is 13.8 Å². The van der Waals surface area contributed by atoms with Crippen LogP contribution < -0.4 is 0 Å². The highest BCUT2D eigenvalue weighted by atomic mass is 16.5. The van der Waals surface area contributed by atoms with Gasteiger partial charge in [-0.05, 0) is 36.8 Å². The molecule has 0 saturated heterocycles. The number of aryl methyl sites for hydroxylation is 1. The van der Waals surface area contributed by atoms with Gasteiger partial charge in [0.05, 0.1) is 30.7 Å². The van der Waals surface area contributed by atoms with Crippen molar-refractivity contribution in [3.8, 4) is 0 Å². The van der Waals surface area contributed by atoms with Crippen LogP contribution in [0.2, 0.25) is 0 Å². The third-order valence-electron chi connectivity index (χ3n) is 4.15. The second-order valence-corrected chi connectivity index (χ2v) is 5.90. The number of benzene rings is 2. The maximum atomic E-state index is 11.9. The van der Waals surface area contributed by atoms with Gasteiger partial charge < -0.3 is 14.0 Å². The van der Waals surface area contributed by atoms with Gasteiger partial charge in [0.1, 0.15) is 12.2 Å². The molecule has 1 heterocycles. The molecule has 0 fully saturated rings. The van der Waals surface area contributed by atoms with Gasteiger partial charge in [0, 0.05) is 6.54 Å². The van der Waals surface area contributed by atoms with Crippen molar-refractivity contribution in [1.82, 2.24) is 9.55 Å². The summed E-state index contributed by atoms with van der Waals surface area (Å²) >= 11 is 0. The monoisotopic (exact) mass is 354 g/mol. The van der Waals surface area contributed by atoms with E-state index in [1.165, 1.54) is 0 Å². The van der Waals surface area contributed by atoms with E-state index in [0.717, 1.165) is 21.8 Å². The number of esters is 2. The van der Waals surface area contributed by atoms with Crippen molar-refractivity contribution in [3.05, 3.63) is 42.2 Å². The Balaban J connectivity index is 2.01. The molecule has 0 radical (unpaired) electrons. The van der Waals surface area contributed by atoms with Crippen LogP contribution in [0.4, 0.5) is 0 Å². The first kappa shape index (κ1) is 17.9. The van der Waals surface area contributed by atoms with E-state index in [4.69, 9.17) is 9.47 Å². The van der Waals surface area contributed by atoms with Crippen molar-refractivity contribution in [1.29, 1.82) is 0 Å². The fourth-order valence-electron chi connectivity index (χ4n) is 3.02. The van der Waals surface area contributed by atoms with E-state index < -0.39 is 0 Å². The number of hydrogen-bond acceptors (Lipinski definition) is 5. The summed E-state index contributed by atoms with van der Waals surface area (Å²) in [5, 5.41) is 2.16. The maximum absolute atomic E-state index is 11.9. The van der Waals surface area contributed by atoms with Crippen LogP contribution in [0.1, 0.15) is 26.1 Å². The number of fused-ring (bicyclic) bond motifs is 2. The number of ether oxygens (including phenoxy) is 2. The lowest BCUT2D eigenvalue weighted by molar-refractivity contribution is -0.143. The van der Waals surface area contributed by atoms with Gasteiger partial charge in [-0.3, -0.25) is 9.59 Å². The summed E-state index contributed by atoms with van der Waals surface area (Å²) in [7, 11) is 0. The highest BCUT2D eigenvalue weighted by Crippen LogP contribution is 2.24. The Morgan fingerprint density at radius 3 is 2.35 bits per heavy atom. The van der Waals surface area contributed by atoms with Crippen molar-refractivity contribution >= 4 is 33.7 Å². The molecule has 0 bridgehead atoms. The molecule has 0 N–H and O–H groups in total. The van der Waals surface area contributed by atoms with Crippen molar-refractivity contribution in [3.63, 3.8) is 0 Å². The molecule has 0 spiro atoms. The average molecular weight is 354 g/mol. The molecular weight excluding hydrogens is 332 g/mol. The van der Waals surface area contributed by atoms with E-state index >= 15 is 0 Å². The molecule has 6 heteroatoms. The van der Waals surface area contributed by atoms with E-state index in [1.807, 2.05) is 41.0 Å². The van der Waals surface area contributed by atoms with E-state index in [0.29, 0.717) is 25.6 Å². The Bertz CT molecular complexity index is 946. The van der Waals surface area contributed by atoms with Crippen molar-refractivity contribution in [2.24, 2.45) is 0 Å². The summed E-state index contributed by atoms with van der Waals surface area (Å²) in [6, 6.07) is 12.1. The number of aromatic nitrogens is 2. The Labute approximate surface area is 151 Å². The lowest BCUT2D eigenvalue weighted by Crippen LogP contribution is -2.15. The first-order valence-corrected chi connectivity index (χ1v) is 8.81. The van der Waals surface area contributed by atoms with Crippen LogP contribution in [0.25, 0.3) is 21.8 Å². The minimum Gasteiger partial charge on any atom is -0.466 e. The van der Waals surface area contributed by atoms with Gasteiger partial charge in [-0.15, -0.1) is 0 Å². The van der Waals surface area contributed by atoms with Gasteiger partial charge in [-0.2, -0.15) is 0 Å². The van der Waals surface area contributed by atoms with Gasteiger partial charge >= 0.3 is 11.9 Å². The first-order chi connectivity index (χ1) is 12.6. The van der Waals surface area contributed by atoms with Crippen LogP contribution in [0.3, 0.4) is 0 Å². The Morgan fingerprint density at radius 2 is 1.65 bits per heavy atom. The molecule has 0 aliphatic heterocycles. The molecule has 0 aliphatic rings. The molecule has 3 rings (SSSR count). The van der Waals surface area contributed by atoms with Gasteiger partial charge in [0.2, 0.25) is 0 Å². The second kappa shape index (κ2) is 7.99. The highest BCUT2D eigenvalue weighted by molar-refractivity contribution is 5.95. The largest absolute Gasteiger partial charge is 0.466 e. The van der Waals surface area contributed by atoms with Crippen molar-refractivity contribution in [2.45, 2.75) is 33.2 Å². The lowest BCUT2D eigenvalue weighted by atomic mass is 10.1. The lowest BCUT2D eigenvalue weighted by Gasteiger charge is -2.09. The molecule has 136 valence electrons. The Kier molecular flexibility index (Phi) is 5.51. The number of imidazole rings is 1. The van der Waals surface area contributed by atoms with Crippen LogP contribution in [0.5, 0.6) is 0 Å². The molecule has 0 aliphatic carbocycles. The van der Waals surface area contributed by atoms with Crippen LogP contribution in [0, 0.1) is 0 Å². The number of hydrogen-bond donors (Lipinski definition) is 0. The predicted octanol–water partition coefficient (Wildman–Crippen LogP) is 3.25. The topological polar surface area (TPSA) is 70.4 Å². The van der Waals surface area contributed by atoms with Gasteiger partial charge in [0.15, 0.2) is 0 Å². The van der Waals surface area contributed by atoms with Crippen LogP contribution in [-0.2, 0) is 32.0 Å². The molecule has 26 heavy (non-hydrogen) atoms. The summed E-state index contributed by atoms with van der Waals surface area (Å²) in [6.45, 7) is 4.63. The molecule has 0 unspecified atom stereocenters. The van der Waals surface area contributed by atoms with Crippen molar-refractivity contribution in [2.75, 3.05) is 13.2 Å². The molecule has 0 atom stereocenters. The van der Waals surface area contributed by atoms with Gasteiger partial charge in [-0.1, -0.05) is 24.3 Å². The SMILES string of the molecule is CCOC(=O)CCn1c(CC(=O)OCC)nc2cc3ccccc3cc21. The Morgan fingerprint density at radius 1 is 1.00 bits per heavy atom. The number of carbonyl (C=O) groups is 2. The number of rotatable bonds is 7. The molecular formula is C20H22N2O4. The summed E-state index contributed by atoms with van der Waals surface area (Å²) < 4.78 is 12.0. The second-order valence-electron chi connectivity index (χ2n) is 5.90. The van der Waals surface area contributed by atoms with Gasteiger partial charge in [-0.25, -0.2) is 4.98 Å². The quantitative estimate of drug-likeness (QED) is 0.609. The molecule has 0 amide bonds. The maximum Gasteiger partial charge on any atom is 0.313 e. The highest BCUT2D eigenvalue weighted by Gasteiger charge is 2.16. The Hall–Kier alpha value is -2.89. The van der Waals surface area contributed by atoms with Crippen molar-refractivity contribution < 1.29 is 19.1 Å². The standard InChI is InChI=1S/C20H22N2O4/c1-3-25-19(23)9-10-22-17-12-15-8-6-5-7-14(15)11-16(17)21-18(22)13-20(24)26-4-2/h5-8,11-12H,3-4,9-10,13H2,1-2H3. The minimum absolute atomic E-state index is 0.0711. The van der Waals surface area contributed by atoms with E-state index in [9.17, 15) is 9.59 Å². The molecule has 2 aromatic carbocycles. The third kappa shape index (κ3) is 3.85. The van der Waals surface area contributed by atoms with E-state index in [2.05, 4.69) is 4.98 Å². The summed E-state index contributed by atoms with van der Waals surface area (Å²) in [5.74, 6) is 0.0000225. The molecule has 6 nitrogen and oxygen atoms in total. The fourth-order valence-corrected chi connectivity index (χ4v) is 3.02. The predicted molar refractivity (Wildman–Crippen MR) is 98.8 cm³/mol. The number of carbonyl (C=O) groups excluding carboxylic acids is 2. The molecule has 1 aromatic heterocycles. The normalized spacial score (nSPS) is 11.0. The molecule has 0 saturated carbocycles. The average Bonchev–Trinajstić information content (AvgIpc) is 2.94. The zero-order valence-electron chi connectivity index (χ0n) is 15.0. The third-order valence-corrected chi connectivity index (χ3v) is 4.15. The van der Waals surface area contributed by atoms with E-state index in [-0.39, 0.29) is 24.8 Å². The summed E-state index contributed by atoms with van der Waals surface area (Å²) in [6.07, 6.45) is 0.295. The first-order valence-electron chi connectivity index (χ1n) is 8.81. The van der Waals surface area contributed by atoms with Crippen LogP contribution in [0.15, 0.2) is 36.4 Å². The zero-order chi connectivity index (χ0) is 18.5. The summed E-state index contributed by atoms with van der Waals surface area (Å²) in [5.41, 5.74) is 1.69. The minimum atomic E-state index is -0.329. The number of nitrogens with zero attached hydrogens (tertiary/aromatic N) is 2. The van der Waals surface area contributed by atoms with Gasteiger partial charge in [0.25, 0.3) is 0 Å². The molecule has 3 aromatic rings. The smallest absolute Gasteiger partial charge is 0.313 e. The van der Waals surface area contributed by atoms with Crippen LogP contribution in [-0.4, -0.2) is 34.7 Å².